The molecule has 2 aromatic rings. The zero-order valence-corrected chi connectivity index (χ0v) is 18.1. The van der Waals surface area contributed by atoms with Gasteiger partial charge in [-0.3, -0.25) is 19.3 Å². The highest BCUT2D eigenvalue weighted by atomic mass is 32.2. The highest BCUT2D eigenvalue weighted by Crippen LogP contribution is 2.20. The Hall–Kier alpha value is -3.08. The lowest BCUT2D eigenvalue weighted by atomic mass is 10.1. The summed E-state index contributed by atoms with van der Waals surface area (Å²) in [6.07, 6.45) is 0.487. The number of amides is 3. The first kappa shape index (κ1) is 22.1. The Morgan fingerprint density at radius 1 is 0.969 bits per heavy atom. The highest BCUT2D eigenvalue weighted by molar-refractivity contribution is 7.89. The number of benzene rings is 2. The number of anilines is 1. The second-order valence-electron chi connectivity index (χ2n) is 7.57. The van der Waals surface area contributed by atoms with Crippen LogP contribution in [0.1, 0.15) is 28.8 Å². The van der Waals surface area contributed by atoms with Gasteiger partial charge in [0.1, 0.15) is 0 Å². The SMILES string of the molecule is O=C(Nc1ccc(CN2C(=O)CCC2=O)cc1)c1cccc(S(=O)(=O)N2CCOCC2)c1. The molecule has 4 rings (SSSR count). The molecule has 0 aromatic heterocycles. The number of ether oxygens (including phenoxy) is 1. The average Bonchev–Trinajstić information content (AvgIpc) is 3.13. The van der Waals surface area contributed by atoms with Gasteiger partial charge in [0.25, 0.3) is 5.91 Å². The van der Waals surface area contributed by atoms with Crippen LogP contribution in [0.2, 0.25) is 0 Å². The Balaban J connectivity index is 1.43. The summed E-state index contributed by atoms with van der Waals surface area (Å²) in [7, 11) is -3.70. The van der Waals surface area contributed by atoms with Gasteiger partial charge in [0.05, 0.1) is 24.7 Å². The third kappa shape index (κ3) is 4.72. The summed E-state index contributed by atoms with van der Waals surface area (Å²) in [6.45, 7) is 1.44. The molecule has 2 aliphatic rings. The van der Waals surface area contributed by atoms with Gasteiger partial charge < -0.3 is 10.1 Å². The zero-order chi connectivity index (χ0) is 22.7. The van der Waals surface area contributed by atoms with E-state index in [4.69, 9.17) is 4.74 Å². The van der Waals surface area contributed by atoms with Crippen LogP contribution in [0.15, 0.2) is 53.4 Å². The first-order valence-electron chi connectivity index (χ1n) is 10.3. The fourth-order valence-electron chi connectivity index (χ4n) is 3.61. The lowest BCUT2D eigenvalue weighted by Gasteiger charge is -2.26. The molecule has 168 valence electrons. The van der Waals surface area contributed by atoms with Crippen LogP contribution in [0.25, 0.3) is 0 Å². The number of sulfonamides is 1. The van der Waals surface area contributed by atoms with Crippen molar-refractivity contribution in [3.8, 4) is 0 Å². The molecule has 0 bridgehead atoms. The van der Waals surface area contributed by atoms with E-state index in [9.17, 15) is 22.8 Å². The number of hydrogen-bond acceptors (Lipinski definition) is 6. The topological polar surface area (TPSA) is 113 Å². The van der Waals surface area contributed by atoms with E-state index in [0.717, 1.165) is 5.56 Å². The van der Waals surface area contributed by atoms with Crippen molar-refractivity contribution < 1.29 is 27.5 Å². The molecule has 0 radical (unpaired) electrons. The molecule has 32 heavy (non-hydrogen) atoms. The molecule has 2 aliphatic heterocycles. The fourth-order valence-corrected chi connectivity index (χ4v) is 5.07. The summed E-state index contributed by atoms with van der Waals surface area (Å²) in [4.78, 5) is 37.5. The number of morpholine rings is 1. The van der Waals surface area contributed by atoms with Crippen LogP contribution >= 0.6 is 0 Å². The number of nitrogens with zero attached hydrogens (tertiary/aromatic N) is 2. The van der Waals surface area contributed by atoms with Crippen molar-refractivity contribution in [2.75, 3.05) is 31.6 Å². The smallest absolute Gasteiger partial charge is 0.255 e. The van der Waals surface area contributed by atoms with E-state index in [-0.39, 0.29) is 54.7 Å². The van der Waals surface area contributed by atoms with Crippen molar-refractivity contribution in [3.63, 3.8) is 0 Å². The summed E-state index contributed by atoms with van der Waals surface area (Å²) >= 11 is 0. The maximum Gasteiger partial charge on any atom is 0.255 e. The predicted octanol–water partition coefficient (Wildman–Crippen LogP) is 1.61. The summed E-state index contributed by atoms with van der Waals surface area (Å²) in [5.41, 5.74) is 1.50. The quantitative estimate of drug-likeness (QED) is 0.660. The minimum absolute atomic E-state index is 0.0577. The van der Waals surface area contributed by atoms with Crippen LogP contribution in [0.3, 0.4) is 0 Å². The van der Waals surface area contributed by atoms with E-state index in [1.54, 1.807) is 30.3 Å². The molecular weight excluding hydrogens is 434 g/mol. The lowest BCUT2D eigenvalue weighted by molar-refractivity contribution is -0.139. The molecule has 9 nitrogen and oxygen atoms in total. The maximum atomic E-state index is 12.8. The lowest BCUT2D eigenvalue weighted by Crippen LogP contribution is -2.40. The van der Waals surface area contributed by atoms with Crippen molar-refractivity contribution in [2.45, 2.75) is 24.3 Å². The molecule has 0 aliphatic carbocycles. The maximum absolute atomic E-state index is 12.8. The van der Waals surface area contributed by atoms with Gasteiger partial charge in [-0.05, 0) is 35.9 Å². The summed E-state index contributed by atoms with van der Waals surface area (Å²) in [5.74, 6) is -0.805. The van der Waals surface area contributed by atoms with Gasteiger partial charge in [0, 0.05) is 37.2 Å². The molecule has 10 heteroatoms. The third-order valence-corrected chi connectivity index (χ3v) is 7.31. The van der Waals surface area contributed by atoms with E-state index < -0.39 is 15.9 Å². The number of rotatable bonds is 6. The van der Waals surface area contributed by atoms with E-state index in [2.05, 4.69) is 5.32 Å². The molecule has 2 aromatic carbocycles. The van der Waals surface area contributed by atoms with Crippen molar-refractivity contribution in [3.05, 3.63) is 59.7 Å². The van der Waals surface area contributed by atoms with Crippen LogP contribution in [0, 0.1) is 0 Å². The first-order chi connectivity index (χ1) is 15.3. The fraction of sp³-hybridized carbons (Fsp3) is 0.318. The van der Waals surface area contributed by atoms with Crippen LogP contribution in [0.5, 0.6) is 0 Å². The van der Waals surface area contributed by atoms with Gasteiger partial charge >= 0.3 is 0 Å². The summed E-state index contributed by atoms with van der Waals surface area (Å²) in [5, 5.41) is 2.74. The Kier molecular flexibility index (Phi) is 6.35. The van der Waals surface area contributed by atoms with Crippen molar-refractivity contribution >= 4 is 33.4 Å². The standard InChI is InChI=1S/C22H23N3O6S/c26-20-8-9-21(27)25(20)15-16-4-6-18(7-5-16)23-22(28)17-2-1-3-19(14-17)32(29,30)24-10-12-31-13-11-24/h1-7,14H,8-13,15H2,(H,23,28). The van der Waals surface area contributed by atoms with Gasteiger partial charge in [-0.15, -0.1) is 0 Å². The predicted molar refractivity (Wildman–Crippen MR) is 115 cm³/mol. The van der Waals surface area contributed by atoms with Crippen LogP contribution in [-0.4, -0.2) is 61.6 Å². The van der Waals surface area contributed by atoms with Gasteiger partial charge in [-0.25, -0.2) is 8.42 Å². The monoisotopic (exact) mass is 457 g/mol. The first-order valence-corrected chi connectivity index (χ1v) is 11.7. The second-order valence-corrected chi connectivity index (χ2v) is 9.51. The van der Waals surface area contributed by atoms with E-state index in [0.29, 0.717) is 18.9 Å². The Morgan fingerprint density at radius 2 is 1.62 bits per heavy atom. The molecule has 0 spiro atoms. The van der Waals surface area contributed by atoms with Crippen LogP contribution in [0.4, 0.5) is 5.69 Å². The molecule has 2 fully saturated rings. The van der Waals surface area contributed by atoms with Gasteiger partial charge in [0.15, 0.2) is 0 Å². The number of nitrogens with one attached hydrogen (secondary N) is 1. The minimum Gasteiger partial charge on any atom is -0.379 e. The Labute approximate surface area is 186 Å². The number of imide groups is 1. The second kappa shape index (κ2) is 9.19. The number of carbonyl (C=O) groups is 3. The largest absolute Gasteiger partial charge is 0.379 e. The minimum atomic E-state index is -3.70. The Bertz CT molecular complexity index is 1120. The van der Waals surface area contributed by atoms with Crippen LogP contribution in [-0.2, 0) is 30.9 Å². The number of hydrogen-bond donors (Lipinski definition) is 1. The third-order valence-electron chi connectivity index (χ3n) is 5.41. The van der Waals surface area contributed by atoms with E-state index >= 15 is 0 Å². The normalized spacial score (nSPS) is 17.6. The van der Waals surface area contributed by atoms with Crippen LogP contribution < -0.4 is 5.32 Å². The molecular formula is C22H23N3O6S. The molecule has 3 amide bonds. The molecule has 2 heterocycles. The number of likely N-dealkylation sites (tertiary alicyclic amines) is 1. The average molecular weight is 458 g/mol. The summed E-state index contributed by atoms with van der Waals surface area (Å²) in [6, 6.07) is 12.7. The molecule has 2 saturated heterocycles. The molecule has 1 N–H and O–H groups in total. The highest BCUT2D eigenvalue weighted by Gasteiger charge is 2.29. The van der Waals surface area contributed by atoms with Crippen molar-refractivity contribution in [1.82, 2.24) is 9.21 Å². The van der Waals surface area contributed by atoms with Crippen molar-refractivity contribution in [1.29, 1.82) is 0 Å². The van der Waals surface area contributed by atoms with E-state index in [1.165, 1.54) is 27.4 Å². The number of carbonyl (C=O) groups excluding carboxylic acids is 3. The van der Waals surface area contributed by atoms with Gasteiger partial charge in [0.2, 0.25) is 21.8 Å². The van der Waals surface area contributed by atoms with Crippen molar-refractivity contribution in [2.24, 2.45) is 0 Å². The zero-order valence-electron chi connectivity index (χ0n) is 17.3. The molecule has 0 unspecified atom stereocenters. The van der Waals surface area contributed by atoms with Gasteiger partial charge in [-0.1, -0.05) is 18.2 Å². The summed E-state index contributed by atoms with van der Waals surface area (Å²) < 4.78 is 32.2. The van der Waals surface area contributed by atoms with Gasteiger partial charge in [-0.2, -0.15) is 4.31 Å². The molecule has 0 atom stereocenters. The molecule has 0 saturated carbocycles. The Morgan fingerprint density at radius 3 is 2.28 bits per heavy atom. The van der Waals surface area contributed by atoms with E-state index in [1.807, 2.05) is 0 Å².